The van der Waals surface area contributed by atoms with Gasteiger partial charge in [0.15, 0.2) is 0 Å². The lowest BCUT2D eigenvalue weighted by atomic mass is 10.1. The van der Waals surface area contributed by atoms with Crippen molar-refractivity contribution in [3.05, 3.63) is 56.5 Å². The summed E-state index contributed by atoms with van der Waals surface area (Å²) in [5.74, 6) is -0.307. The highest BCUT2D eigenvalue weighted by atomic mass is 79.9. The molecule has 0 spiro atoms. The van der Waals surface area contributed by atoms with Crippen molar-refractivity contribution in [1.29, 1.82) is 0 Å². The molecule has 0 saturated heterocycles. The molecule has 1 aromatic carbocycles. The van der Waals surface area contributed by atoms with Crippen LogP contribution in [-0.2, 0) is 6.42 Å². The first kappa shape index (κ1) is 13.1. The Labute approximate surface area is 118 Å². The van der Waals surface area contributed by atoms with Crippen molar-refractivity contribution in [3.63, 3.8) is 0 Å². The number of aryl methyl sites for hydroxylation is 1. The summed E-state index contributed by atoms with van der Waals surface area (Å²) in [5, 5.41) is 0.457. The van der Waals surface area contributed by atoms with E-state index in [9.17, 15) is 4.39 Å². The highest BCUT2D eigenvalue weighted by Gasteiger charge is 2.16. The summed E-state index contributed by atoms with van der Waals surface area (Å²) in [7, 11) is 0. The Balaban J connectivity index is 2.33. The van der Waals surface area contributed by atoms with Crippen molar-refractivity contribution in [3.8, 4) is 0 Å². The van der Waals surface area contributed by atoms with E-state index < -0.39 is 0 Å². The standard InChI is InChI=1S/C13H11BrClFS/c1-2-9-4-6-12(17-9)13(14)10-5-3-8(16)7-11(10)15/h3-7,13H,2H2,1H3. The molecule has 0 amide bonds. The zero-order chi connectivity index (χ0) is 12.4. The van der Waals surface area contributed by atoms with Crippen LogP contribution in [0.3, 0.4) is 0 Å². The van der Waals surface area contributed by atoms with Crippen molar-refractivity contribution >= 4 is 38.9 Å². The molecule has 0 bridgehead atoms. The average molecular weight is 334 g/mol. The van der Waals surface area contributed by atoms with Gasteiger partial charge >= 0.3 is 0 Å². The van der Waals surface area contributed by atoms with Gasteiger partial charge in [-0.2, -0.15) is 0 Å². The third-order valence-electron chi connectivity index (χ3n) is 2.52. The van der Waals surface area contributed by atoms with Crippen molar-refractivity contribution in [2.75, 3.05) is 0 Å². The molecule has 0 fully saturated rings. The van der Waals surface area contributed by atoms with Crippen LogP contribution in [0, 0.1) is 5.82 Å². The second-order valence-electron chi connectivity index (χ2n) is 3.69. The van der Waals surface area contributed by atoms with Crippen LogP contribution >= 0.6 is 38.9 Å². The van der Waals surface area contributed by atoms with Gasteiger partial charge < -0.3 is 0 Å². The second-order valence-corrected chi connectivity index (χ2v) is 6.21. The summed E-state index contributed by atoms with van der Waals surface area (Å²) >= 11 is 11.4. The van der Waals surface area contributed by atoms with Gasteiger partial charge in [-0.3, -0.25) is 0 Å². The van der Waals surface area contributed by atoms with Gasteiger partial charge in [0.25, 0.3) is 0 Å². The zero-order valence-corrected chi connectivity index (χ0v) is 12.4. The first-order chi connectivity index (χ1) is 8.11. The number of halogens is 3. The molecule has 2 aromatic rings. The molecule has 1 heterocycles. The molecule has 1 unspecified atom stereocenters. The predicted octanol–water partition coefficient (Wildman–Crippen LogP) is 5.59. The molecule has 0 nitrogen and oxygen atoms in total. The lowest BCUT2D eigenvalue weighted by Crippen LogP contribution is -1.91. The summed E-state index contributed by atoms with van der Waals surface area (Å²) in [6.45, 7) is 2.13. The highest BCUT2D eigenvalue weighted by molar-refractivity contribution is 9.09. The molecule has 0 aliphatic rings. The Kier molecular flexibility index (Phi) is 4.23. The van der Waals surface area contributed by atoms with Gasteiger partial charge in [0, 0.05) is 14.8 Å². The molecule has 1 aromatic heterocycles. The maximum absolute atomic E-state index is 13.0. The van der Waals surface area contributed by atoms with E-state index in [2.05, 4.69) is 35.0 Å². The first-order valence-corrected chi connectivity index (χ1v) is 7.40. The van der Waals surface area contributed by atoms with Crippen LogP contribution in [0.5, 0.6) is 0 Å². The van der Waals surface area contributed by atoms with Crippen LogP contribution in [0.1, 0.15) is 27.1 Å². The van der Waals surface area contributed by atoms with Crippen molar-refractivity contribution in [2.45, 2.75) is 18.2 Å². The van der Waals surface area contributed by atoms with Crippen molar-refractivity contribution < 1.29 is 4.39 Å². The van der Waals surface area contributed by atoms with Gasteiger partial charge in [-0.1, -0.05) is 40.5 Å². The van der Waals surface area contributed by atoms with Gasteiger partial charge in [0.1, 0.15) is 5.82 Å². The number of benzene rings is 1. The largest absolute Gasteiger partial charge is 0.207 e. The molecule has 4 heteroatoms. The van der Waals surface area contributed by atoms with Crippen LogP contribution in [0.2, 0.25) is 5.02 Å². The van der Waals surface area contributed by atoms with E-state index in [-0.39, 0.29) is 10.6 Å². The van der Waals surface area contributed by atoms with Crippen LogP contribution in [-0.4, -0.2) is 0 Å². The molecule has 0 radical (unpaired) electrons. The Morgan fingerprint density at radius 1 is 1.35 bits per heavy atom. The Hall–Kier alpha value is -0.380. The van der Waals surface area contributed by atoms with E-state index in [0.29, 0.717) is 5.02 Å². The lowest BCUT2D eigenvalue weighted by molar-refractivity contribution is 0.627. The zero-order valence-electron chi connectivity index (χ0n) is 9.21. The molecule has 0 N–H and O–H groups in total. The third-order valence-corrected chi connectivity index (χ3v) is 5.43. The number of rotatable bonds is 3. The first-order valence-electron chi connectivity index (χ1n) is 5.29. The SMILES string of the molecule is CCc1ccc(C(Br)c2ccc(F)cc2Cl)s1. The van der Waals surface area contributed by atoms with Crippen molar-refractivity contribution in [1.82, 2.24) is 0 Å². The van der Waals surface area contributed by atoms with E-state index in [1.165, 1.54) is 21.9 Å². The van der Waals surface area contributed by atoms with Crippen molar-refractivity contribution in [2.24, 2.45) is 0 Å². The lowest BCUT2D eigenvalue weighted by Gasteiger charge is -2.10. The Morgan fingerprint density at radius 2 is 2.12 bits per heavy atom. The Bertz CT molecular complexity index is 524. The summed E-state index contributed by atoms with van der Waals surface area (Å²) in [6, 6.07) is 8.71. The summed E-state index contributed by atoms with van der Waals surface area (Å²) in [4.78, 5) is 2.55. The van der Waals surface area contributed by atoms with Gasteiger partial charge in [0.2, 0.25) is 0 Å². The number of hydrogen-bond donors (Lipinski definition) is 0. The van der Waals surface area contributed by atoms with Gasteiger partial charge in [-0.05, 0) is 36.2 Å². The minimum atomic E-state index is -0.307. The topological polar surface area (TPSA) is 0 Å². The molecule has 2 rings (SSSR count). The molecular formula is C13H11BrClFS. The fraction of sp³-hybridized carbons (Fsp3) is 0.231. The van der Waals surface area contributed by atoms with E-state index in [0.717, 1.165) is 12.0 Å². The molecule has 0 aliphatic carbocycles. The Morgan fingerprint density at radius 3 is 2.71 bits per heavy atom. The monoisotopic (exact) mass is 332 g/mol. The molecular weight excluding hydrogens is 323 g/mol. The van der Waals surface area contributed by atoms with Crippen LogP contribution in [0.15, 0.2) is 30.3 Å². The minimum absolute atomic E-state index is 0.0286. The van der Waals surface area contributed by atoms with E-state index in [4.69, 9.17) is 11.6 Å². The van der Waals surface area contributed by atoms with E-state index >= 15 is 0 Å². The molecule has 1 atom stereocenters. The fourth-order valence-electron chi connectivity index (χ4n) is 1.58. The van der Waals surface area contributed by atoms with E-state index in [1.54, 1.807) is 17.4 Å². The molecule has 17 heavy (non-hydrogen) atoms. The highest BCUT2D eigenvalue weighted by Crippen LogP contribution is 2.38. The van der Waals surface area contributed by atoms with Crippen LogP contribution in [0.4, 0.5) is 4.39 Å². The molecule has 0 saturated carbocycles. The summed E-state index contributed by atoms with van der Waals surface area (Å²) < 4.78 is 13.0. The predicted molar refractivity (Wildman–Crippen MR) is 75.9 cm³/mol. The summed E-state index contributed by atoms with van der Waals surface area (Å²) in [5.41, 5.74) is 0.901. The normalized spacial score (nSPS) is 12.7. The van der Waals surface area contributed by atoms with Gasteiger partial charge in [-0.15, -0.1) is 11.3 Å². The number of hydrogen-bond acceptors (Lipinski definition) is 1. The average Bonchev–Trinajstić information content (AvgIpc) is 2.76. The minimum Gasteiger partial charge on any atom is -0.207 e. The summed E-state index contributed by atoms with van der Waals surface area (Å²) in [6.07, 6.45) is 1.03. The smallest absolute Gasteiger partial charge is 0.124 e. The maximum atomic E-state index is 13.0. The van der Waals surface area contributed by atoms with Crippen LogP contribution in [0.25, 0.3) is 0 Å². The fourth-order valence-corrected chi connectivity index (χ4v) is 3.77. The number of alkyl halides is 1. The number of thiophene rings is 1. The maximum Gasteiger partial charge on any atom is 0.124 e. The third kappa shape index (κ3) is 2.90. The second kappa shape index (κ2) is 5.51. The molecule has 90 valence electrons. The van der Waals surface area contributed by atoms with Gasteiger partial charge in [-0.25, -0.2) is 4.39 Å². The van der Waals surface area contributed by atoms with Crippen LogP contribution < -0.4 is 0 Å². The molecule has 0 aliphatic heterocycles. The van der Waals surface area contributed by atoms with E-state index in [1.807, 2.05) is 0 Å². The quantitative estimate of drug-likeness (QED) is 0.643. The van der Waals surface area contributed by atoms with Gasteiger partial charge in [0.05, 0.1) is 4.83 Å².